The number of benzene rings is 1. The van der Waals surface area contributed by atoms with Crippen LogP contribution in [0.2, 0.25) is 0 Å². The predicted molar refractivity (Wildman–Crippen MR) is 104 cm³/mol. The van der Waals surface area contributed by atoms with E-state index in [1.54, 1.807) is 14.2 Å². The first-order chi connectivity index (χ1) is 10.7. The van der Waals surface area contributed by atoms with E-state index in [1.165, 1.54) is 0 Å². The molecule has 3 N–H and O–H groups in total. The molecular formula is C16H28IN3O3. The Morgan fingerprint density at radius 1 is 1.26 bits per heavy atom. The number of nitrogens with two attached hydrogens (primary N) is 1. The quantitative estimate of drug-likeness (QED) is 0.254. The van der Waals surface area contributed by atoms with Gasteiger partial charge in [0.05, 0.1) is 14.2 Å². The zero-order valence-electron chi connectivity index (χ0n) is 14.1. The first kappa shape index (κ1) is 21.8. The molecule has 0 atom stereocenters. The van der Waals surface area contributed by atoms with Crippen LogP contribution in [0.3, 0.4) is 0 Å². The fraction of sp³-hybridized carbons (Fsp3) is 0.562. The number of halogens is 1. The van der Waals surface area contributed by atoms with E-state index < -0.39 is 0 Å². The average molecular weight is 437 g/mol. The van der Waals surface area contributed by atoms with Gasteiger partial charge in [-0.05, 0) is 43.5 Å². The number of aliphatic imine (C=N–C) groups is 1. The molecule has 132 valence electrons. The van der Waals surface area contributed by atoms with E-state index >= 15 is 0 Å². The number of guanidine groups is 1. The molecule has 0 radical (unpaired) electrons. The second-order valence-electron chi connectivity index (χ2n) is 4.67. The Labute approximate surface area is 155 Å². The SMILES string of the molecule is CCOCCCN=C(N)NCCc1cc(OC)ccc1OC.I. The van der Waals surface area contributed by atoms with Gasteiger partial charge in [-0.1, -0.05) is 0 Å². The van der Waals surface area contributed by atoms with Crippen LogP contribution in [-0.4, -0.2) is 46.5 Å². The summed E-state index contributed by atoms with van der Waals surface area (Å²) in [6.07, 6.45) is 1.65. The van der Waals surface area contributed by atoms with Gasteiger partial charge >= 0.3 is 0 Å². The van der Waals surface area contributed by atoms with E-state index in [0.29, 0.717) is 25.7 Å². The van der Waals surface area contributed by atoms with Gasteiger partial charge in [-0.15, -0.1) is 24.0 Å². The Morgan fingerprint density at radius 2 is 2.04 bits per heavy atom. The lowest BCUT2D eigenvalue weighted by Crippen LogP contribution is -2.33. The van der Waals surface area contributed by atoms with Crippen LogP contribution in [0.25, 0.3) is 0 Å². The molecule has 0 unspecified atom stereocenters. The molecule has 0 saturated carbocycles. The van der Waals surface area contributed by atoms with Crippen LogP contribution in [0.15, 0.2) is 23.2 Å². The number of nitrogens with zero attached hydrogens (tertiary/aromatic N) is 1. The molecule has 0 aromatic heterocycles. The van der Waals surface area contributed by atoms with Crippen molar-refractivity contribution in [3.8, 4) is 11.5 Å². The van der Waals surface area contributed by atoms with Gasteiger partial charge in [0.2, 0.25) is 0 Å². The molecule has 23 heavy (non-hydrogen) atoms. The highest BCUT2D eigenvalue weighted by molar-refractivity contribution is 14.0. The molecular weight excluding hydrogens is 409 g/mol. The maximum Gasteiger partial charge on any atom is 0.188 e. The summed E-state index contributed by atoms with van der Waals surface area (Å²) in [5.74, 6) is 2.11. The predicted octanol–water partition coefficient (Wildman–Crippen LogP) is 2.20. The second kappa shape index (κ2) is 13.2. The molecule has 0 aliphatic heterocycles. The van der Waals surface area contributed by atoms with Crippen molar-refractivity contribution in [2.75, 3.05) is 40.5 Å². The van der Waals surface area contributed by atoms with Crippen LogP contribution in [-0.2, 0) is 11.2 Å². The highest BCUT2D eigenvalue weighted by Crippen LogP contribution is 2.23. The minimum atomic E-state index is 0. The molecule has 6 nitrogen and oxygen atoms in total. The zero-order valence-corrected chi connectivity index (χ0v) is 16.5. The smallest absolute Gasteiger partial charge is 0.188 e. The highest BCUT2D eigenvalue weighted by atomic mass is 127. The van der Waals surface area contributed by atoms with Crippen LogP contribution in [0.1, 0.15) is 18.9 Å². The summed E-state index contributed by atoms with van der Waals surface area (Å²) in [5, 5.41) is 3.10. The van der Waals surface area contributed by atoms with E-state index in [-0.39, 0.29) is 24.0 Å². The topological polar surface area (TPSA) is 78.1 Å². The molecule has 0 aliphatic carbocycles. The van der Waals surface area contributed by atoms with Crippen molar-refractivity contribution < 1.29 is 14.2 Å². The van der Waals surface area contributed by atoms with Crippen LogP contribution < -0.4 is 20.5 Å². The van der Waals surface area contributed by atoms with Crippen LogP contribution in [0.4, 0.5) is 0 Å². The number of hydrogen-bond acceptors (Lipinski definition) is 4. The van der Waals surface area contributed by atoms with Crippen molar-refractivity contribution in [3.63, 3.8) is 0 Å². The molecule has 1 aromatic rings. The summed E-state index contributed by atoms with van der Waals surface area (Å²) in [4.78, 5) is 4.25. The molecule has 0 amide bonds. The summed E-state index contributed by atoms with van der Waals surface area (Å²) < 4.78 is 15.8. The number of methoxy groups -OCH3 is 2. The summed E-state index contributed by atoms with van der Waals surface area (Å²) in [7, 11) is 3.31. The summed E-state index contributed by atoms with van der Waals surface area (Å²) >= 11 is 0. The maximum absolute atomic E-state index is 5.82. The molecule has 0 heterocycles. The fourth-order valence-corrected chi connectivity index (χ4v) is 1.97. The minimum absolute atomic E-state index is 0. The third-order valence-electron chi connectivity index (χ3n) is 3.12. The van der Waals surface area contributed by atoms with Crippen LogP contribution in [0, 0.1) is 0 Å². The molecule has 1 rings (SSSR count). The summed E-state index contributed by atoms with van der Waals surface area (Å²) in [6, 6.07) is 5.75. The van der Waals surface area contributed by atoms with E-state index in [2.05, 4.69) is 10.3 Å². The molecule has 7 heteroatoms. The fourth-order valence-electron chi connectivity index (χ4n) is 1.97. The monoisotopic (exact) mass is 437 g/mol. The van der Waals surface area contributed by atoms with Gasteiger partial charge < -0.3 is 25.3 Å². The third kappa shape index (κ3) is 8.85. The number of hydrogen-bond donors (Lipinski definition) is 2. The number of ether oxygens (including phenoxy) is 3. The minimum Gasteiger partial charge on any atom is -0.497 e. The third-order valence-corrected chi connectivity index (χ3v) is 3.12. The first-order valence-electron chi connectivity index (χ1n) is 7.53. The molecule has 0 aliphatic rings. The molecule has 0 fully saturated rings. The van der Waals surface area contributed by atoms with E-state index in [0.717, 1.165) is 36.5 Å². The van der Waals surface area contributed by atoms with Crippen molar-refractivity contribution in [3.05, 3.63) is 23.8 Å². The van der Waals surface area contributed by atoms with E-state index in [9.17, 15) is 0 Å². The average Bonchev–Trinajstić information content (AvgIpc) is 2.54. The van der Waals surface area contributed by atoms with Gasteiger partial charge in [0.1, 0.15) is 11.5 Å². The lowest BCUT2D eigenvalue weighted by atomic mass is 10.1. The Morgan fingerprint density at radius 3 is 2.70 bits per heavy atom. The molecule has 1 aromatic carbocycles. The van der Waals surface area contributed by atoms with Gasteiger partial charge in [-0.25, -0.2) is 0 Å². The zero-order chi connectivity index (χ0) is 16.2. The standard InChI is InChI=1S/C16H27N3O3.HI/c1-4-22-11-5-9-18-16(17)19-10-8-13-12-14(20-2)6-7-15(13)21-3;/h6-7,12H,4-5,8-11H2,1-3H3,(H3,17,18,19);1H. The van der Waals surface area contributed by atoms with Gasteiger partial charge in [0.25, 0.3) is 0 Å². The maximum atomic E-state index is 5.82. The second-order valence-corrected chi connectivity index (χ2v) is 4.67. The molecule has 0 spiro atoms. The Kier molecular flexibility index (Phi) is 12.5. The lowest BCUT2D eigenvalue weighted by Gasteiger charge is -2.11. The van der Waals surface area contributed by atoms with Gasteiger partial charge in [-0.3, -0.25) is 4.99 Å². The summed E-state index contributed by atoms with van der Waals surface area (Å²) in [5.41, 5.74) is 6.89. The van der Waals surface area contributed by atoms with Crippen molar-refractivity contribution in [1.82, 2.24) is 5.32 Å². The van der Waals surface area contributed by atoms with Crippen molar-refractivity contribution in [2.45, 2.75) is 19.8 Å². The van der Waals surface area contributed by atoms with Crippen molar-refractivity contribution in [1.29, 1.82) is 0 Å². The van der Waals surface area contributed by atoms with Crippen molar-refractivity contribution in [2.24, 2.45) is 10.7 Å². The molecule has 0 saturated heterocycles. The summed E-state index contributed by atoms with van der Waals surface area (Å²) in [6.45, 7) is 4.78. The largest absolute Gasteiger partial charge is 0.497 e. The Bertz CT molecular complexity index is 470. The highest BCUT2D eigenvalue weighted by Gasteiger charge is 2.05. The Balaban J connectivity index is 0.00000484. The lowest BCUT2D eigenvalue weighted by molar-refractivity contribution is 0.146. The van der Waals surface area contributed by atoms with Gasteiger partial charge in [0, 0.05) is 26.3 Å². The first-order valence-corrected chi connectivity index (χ1v) is 7.53. The van der Waals surface area contributed by atoms with Gasteiger partial charge in [0.15, 0.2) is 5.96 Å². The van der Waals surface area contributed by atoms with E-state index in [4.69, 9.17) is 19.9 Å². The van der Waals surface area contributed by atoms with E-state index in [1.807, 2.05) is 25.1 Å². The van der Waals surface area contributed by atoms with Gasteiger partial charge in [-0.2, -0.15) is 0 Å². The van der Waals surface area contributed by atoms with Crippen LogP contribution in [0.5, 0.6) is 11.5 Å². The van der Waals surface area contributed by atoms with Crippen LogP contribution >= 0.6 is 24.0 Å². The van der Waals surface area contributed by atoms with Crippen molar-refractivity contribution >= 4 is 29.9 Å². The molecule has 0 bridgehead atoms. The number of rotatable bonds is 10. The number of nitrogens with one attached hydrogen (secondary N) is 1. The normalized spacial score (nSPS) is 10.8. The Hall–Kier alpha value is -1.22.